The lowest BCUT2D eigenvalue weighted by atomic mass is 9.64. The molecule has 1 spiro atoms. The van der Waals surface area contributed by atoms with E-state index in [9.17, 15) is 5.11 Å². The van der Waals surface area contributed by atoms with Gasteiger partial charge in [-0.05, 0) is 67.6 Å². The van der Waals surface area contributed by atoms with Crippen LogP contribution < -0.4 is 0 Å². The molecule has 1 nitrogen and oxygen atoms in total. The van der Waals surface area contributed by atoms with Crippen LogP contribution in [0.3, 0.4) is 0 Å². The Balaban J connectivity index is 2.07. The van der Waals surface area contributed by atoms with Crippen molar-refractivity contribution in [3.8, 4) is 0 Å². The van der Waals surface area contributed by atoms with Crippen LogP contribution in [0.25, 0.3) is 0 Å². The lowest BCUT2D eigenvalue weighted by Gasteiger charge is -2.44. The molecule has 92 valence electrons. The summed E-state index contributed by atoms with van der Waals surface area (Å²) in [7, 11) is 0. The smallest absolute Gasteiger partial charge is 0.0653 e. The molecule has 3 unspecified atom stereocenters. The summed E-state index contributed by atoms with van der Waals surface area (Å²) in [5, 5.41) is 10.6. The second-order valence-corrected chi connectivity index (χ2v) is 7.70. The van der Waals surface area contributed by atoms with Crippen LogP contribution in [-0.4, -0.2) is 10.7 Å². The maximum absolute atomic E-state index is 10.6. The van der Waals surface area contributed by atoms with Crippen molar-refractivity contribution >= 4 is 0 Å². The molecule has 0 saturated heterocycles. The van der Waals surface area contributed by atoms with Gasteiger partial charge in [0.15, 0.2) is 0 Å². The van der Waals surface area contributed by atoms with Crippen LogP contribution in [0, 0.1) is 28.6 Å². The Labute approximate surface area is 99.6 Å². The van der Waals surface area contributed by atoms with Crippen LogP contribution >= 0.6 is 0 Å². The number of hydrogen-bond acceptors (Lipinski definition) is 1. The van der Waals surface area contributed by atoms with Crippen molar-refractivity contribution in [1.29, 1.82) is 0 Å². The van der Waals surface area contributed by atoms with E-state index in [1.807, 2.05) is 0 Å². The molecule has 3 rings (SSSR count). The van der Waals surface area contributed by atoms with Crippen molar-refractivity contribution in [1.82, 2.24) is 0 Å². The van der Waals surface area contributed by atoms with E-state index in [1.165, 1.54) is 25.7 Å². The van der Waals surface area contributed by atoms with Gasteiger partial charge in [-0.25, -0.2) is 0 Å². The molecule has 3 aliphatic rings. The van der Waals surface area contributed by atoms with Gasteiger partial charge in [-0.3, -0.25) is 0 Å². The molecule has 1 N–H and O–H groups in total. The molecule has 0 aromatic heterocycles. The number of hydrogen-bond donors (Lipinski definition) is 1. The second kappa shape index (κ2) is 2.85. The first-order valence-corrected chi connectivity index (χ1v) is 7.03. The summed E-state index contributed by atoms with van der Waals surface area (Å²) in [4.78, 5) is 0. The Morgan fingerprint density at radius 2 is 1.69 bits per heavy atom. The van der Waals surface area contributed by atoms with Gasteiger partial charge in [0.05, 0.1) is 5.60 Å². The van der Waals surface area contributed by atoms with Crippen LogP contribution in [0.1, 0.15) is 59.8 Å². The molecule has 1 heteroatoms. The van der Waals surface area contributed by atoms with Gasteiger partial charge in [0.25, 0.3) is 0 Å². The first-order valence-electron chi connectivity index (χ1n) is 7.03. The van der Waals surface area contributed by atoms with Gasteiger partial charge in [0.1, 0.15) is 0 Å². The highest BCUT2D eigenvalue weighted by atomic mass is 16.3. The summed E-state index contributed by atoms with van der Waals surface area (Å²) in [5.41, 5.74) is 0.542. The van der Waals surface area contributed by atoms with Gasteiger partial charge in [0.2, 0.25) is 0 Å². The first-order chi connectivity index (χ1) is 7.31. The Hall–Kier alpha value is -0.0400. The standard InChI is InChI=1S/C15H26O/c1-10-5-6-11-13(2,3)12-9-15(10,11)8-7-14(12,4)16/h10-12,16H,5-9H2,1-4H3/t10-,11?,12?,14-,15?/m1/s1. The zero-order chi connectivity index (χ0) is 11.8. The van der Waals surface area contributed by atoms with E-state index in [2.05, 4.69) is 27.7 Å². The molecule has 0 radical (unpaired) electrons. The van der Waals surface area contributed by atoms with Crippen LogP contribution in [0.5, 0.6) is 0 Å². The zero-order valence-corrected chi connectivity index (χ0v) is 11.2. The third kappa shape index (κ3) is 1.06. The van der Waals surface area contributed by atoms with Gasteiger partial charge < -0.3 is 5.11 Å². The lowest BCUT2D eigenvalue weighted by molar-refractivity contribution is -0.0717. The lowest BCUT2D eigenvalue weighted by Crippen LogP contribution is -2.44. The third-order valence-electron chi connectivity index (χ3n) is 6.79. The summed E-state index contributed by atoms with van der Waals surface area (Å²) in [6, 6.07) is 0. The molecule has 0 heterocycles. The van der Waals surface area contributed by atoms with Crippen molar-refractivity contribution in [3.63, 3.8) is 0 Å². The van der Waals surface area contributed by atoms with Crippen molar-refractivity contribution in [3.05, 3.63) is 0 Å². The molecule has 0 aromatic carbocycles. The van der Waals surface area contributed by atoms with Gasteiger partial charge in [0, 0.05) is 0 Å². The van der Waals surface area contributed by atoms with Crippen molar-refractivity contribution in [2.75, 3.05) is 0 Å². The number of fused-ring (bicyclic) bond motifs is 1. The first kappa shape index (κ1) is 11.1. The number of rotatable bonds is 0. The molecule has 3 aliphatic carbocycles. The number of aliphatic hydroxyl groups is 1. The largest absolute Gasteiger partial charge is 0.390 e. The maximum Gasteiger partial charge on any atom is 0.0653 e. The SMILES string of the molecule is C[C@@H]1CCC2C(C)(C)C3CC21CC[C@@]3(C)O. The molecule has 3 saturated carbocycles. The van der Waals surface area contributed by atoms with E-state index < -0.39 is 5.60 Å². The van der Waals surface area contributed by atoms with Crippen LogP contribution in [-0.2, 0) is 0 Å². The fraction of sp³-hybridized carbons (Fsp3) is 1.00. The molecule has 3 fully saturated rings. The van der Waals surface area contributed by atoms with E-state index in [-0.39, 0.29) is 0 Å². The highest BCUT2D eigenvalue weighted by Crippen LogP contribution is 2.73. The summed E-state index contributed by atoms with van der Waals surface area (Å²) in [6.45, 7) is 9.38. The average Bonchev–Trinajstić information content (AvgIpc) is 2.58. The van der Waals surface area contributed by atoms with E-state index in [0.29, 0.717) is 16.7 Å². The molecule has 16 heavy (non-hydrogen) atoms. The molecule has 0 aliphatic heterocycles. The van der Waals surface area contributed by atoms with Crippen molar-refractivity contribution < 1.29 is 5.11 Å². The van der Waals surface area contributed by atoms with Gasteiger partial charge in [-0.1, -0.05) is 20.8 Å². The normalized spacial score (nSPS) is 58.7. The van der Waals surface area contributed by atoms with Crippen molar-refractivity contribution in [2.24, 2.45) is 28.6 Å². The van der Waals surface area contributed by atoms with E-state index in [1.54, 1.807) is 0 Å². The highest BCUT2D eigenvalue weighted by Gasteiger charge is 2.67. The molecule has 5 atom stereocenters. The predicted octanol–water partition coefficient (Wildman–Crippen LogP) is 3.61. The minimum absolute atomic E-state index is 0.352. The fourth-order valence-electron chi connectivity index (χ4n) is 5.88. The minimum atomic E-state index is -0.404. The summed E-state index contributed by atoms with van der Waals surface area (Å²) < 4.78 is 0. The van der Waals surface area contributed by atoms with Crippen molar-refractivity contribution in [2.45, 2.75) is 65.4 Å². The van der Waals surface area contributed by atoms with E-state index in [4.69, 9.17) is 0 Å². The Kier molecular flexibility index (Phi) is 1.98. The Bertz CT molecular complexity index is 313. The third-order valence-corrected chi connectivity index (χ3v) is 6.79. The summed E-state index contributed by atoms with van der Waals surface area (Å²) in [5.74, 6) is 2.29. The quantitative estimate of drug-likeness (QED) is 0.664. The topological polar surface area (TPSA) is 20.2 Å². The molecular weight excluding hydrogens is 196 g/mol. The van der Waals surface area contributed by atoms with Crippen LogP contribution in [0.15, 0.2) is 0 Å². The Morgan fingerprint density at radius 1 is 1.00 bits per heavy atom. The summed E-state index contributed by atoms with van der Waals surface area (Å²) >= 11 is 0. The van der Waals surface area contributed by atoms with Gasteiger partial charge in [-0.2, -0.15) is 0 Å². The molecule has 0 amide bonds. The van der Waals surface area contributed by atoms with E-state index >= 15 is 0 Å². The second-order valence-electron chi connectivity index (χ2n) is 7.70. The fourth-order valence-corrected chi connectivity index (χ4v) is 5.88. The average molecular weight is 222 g/mol. The highest BCUT2D eigenvalue weighted by molar-refractivity contribution is 5.16. The van der Waals surface area contributed by atoms with E-state index in [0.717, 1.165) is 18.3 Å². The molecule has 0 aromatic rings. The Morgan fingerprint density at radius 3 is 2.38 bits per heavy atom. The maximum atomic E-state index is 10.6. The monoisotopic (exact) mass is 222 g/mol. The summed E-state index contributed by atoms with van der Waals surface area (Å²) in [6.07, 6.45) is 6.41. The molecular formula is C15H26O. The zero-order valence-electron chi connectivity index (χ0n) is 11.2. The van der Waals surface area contributed by atoms with Crippen LogP contribution in [0.4, 0.5) is 0 Å². The van der Waals surface area contributed by atoms with Gasteiger partial charge >= 0.3 is 0 Å². The van der Waals surface area contributed by atoms with Crippen LogP contribution in [0.2, 0.25) is 0 Å². The minimum Gasteiger partial charge on any atom is -0.390 e. The predicted molar refractivity (Wildman–Crippen MR) is 66.1 cm³/mol. The van der Waals surface area contributed by atoms with Gasteiger partial charge in [-0.15, -0.1) is 0 Å². The molecule has 2 bridgehead atoms.